The third kappa shape index (κ3) is 8.96. The van der Waals surface area contributed by atoms with Crippen LogP contribution in [-0.4, -0.2) is 95.0 Å². The number of ether oxygens (including phenoxy) is 2. The van der Waals surface area contributed by atoms with E-state index in [-0.39, 0.29) is 54.1 Å². The average molecular weight is 688 g/mol. The lowest BCUT2D eigenvalue weighted by atomic mass is 9.76. The van der Waals surface area contributed by atoms with Crippen molar-refractivity contribution in [2.45, 2.75) is 110 Å². The van der Waals surface area contributed by atoms with E-state index in [0.717, 1.165) is 0 Å². The van der Waals surface area contributed by atoms with Crippen LogP contribution in [-0.2, 0) is 23.4 Å². The van der Waals surface area contributed by atoms with Crippen LogP contribution in [0, 0.1) is 17.3 Å². The second-order valence-corrected chi connectivity index (χ2v) is 16.3. The van der Waals surface area contributed by atoms with Crippen molar-refractivity contribution in [1.29, 1.82) is 0 Å². The Morgan fingerprint density at radius 2 is 1.83 bits per heavy atom. The van der Waals surface area contributed by atoms with Crippen LogP contribution in [0.25, 0.3) is 11.2 Å². The summed E-state index contributed by atoms with van der Waals surface area (Å²) < 4.78 is 33.2. The largest absolute Gasteiger partial charge is 0.480 e. The number of fused-ring (bicyclic) bond motifs is 1. The average Bonchev–Trinajstić information content (AvgIpc) is 3.42. The van der Waals surface area contributed by atoms with Gasteiger partial charge in [-0.1, -0.05) is 48.5 Å². The zero-order valence-electron chi connectivity index (χ0n) is 28.4. The zero-order chi connectivity index (χ0) is 35.7. The molecule has 47 heavy (non-hydrogen) atoms. The van der Waals surface area contributed by atoms with Gasteiger partial charge in [-0.25, -0.2) is 15.2 Å². The molecule has 2 aromatic rings. The summed E-state index contributed by atoms with van der Waals surface area (Å²) >= 11 is 0. The quantitative estimate of drug-likeness (QED) is 0.125. The number of nitrogen functional groups attached to an aromatic ring is 1. The van der Waals surface area contributed by atoms with Gasteiger partial charge in [-0.05, 0) is 43.4 Å². The van der Waals surface area contributed by atoms with Gasteiger partial charge in [-0.3, -0.25) is 18.7 Å². The highest BCUT2D eigenvalue weighted by Gasteiger charge is 2.55. The van der Waals surface area contributed by atoms with E-state index in [2.05, 4.69) is 25.1 Å². The topological polar surface area (TPSA) is 253 Å². The van der Waals surface area contributed by atoms with Gasteiger partial charge in [0, 0.05) is 0 Å². The summed E-state index contributed by atoms with van der Waals surface area (Å²) in [6.45, 7) is 13.4. The number of nitrogens with one attached hydrogen (secondary N) is 2. The van der Waals surface area contributed by atoms with Gasteiger partial charge in [-0.2, -0.15) is 9.97 Å². The van der Waals surface area contributed by atoms with E-state index in [4.69, 9.17) is 19.7 Å². The number of hydrogen-bond donors (Lipinski definition) is 7. The number of aliphatic hydroxyl groups is 2. The van der Waals surface area contributed by atoms with E-state index in [1.807, 2.05) is 34.6 Å². The maximum Gasteiger partial charge on any atom is 0.342 e. The molecule has 0 radical (unpaired) electrons. The van der Waals surface area contributed by atoms with Crippen LogP contribution in [0.15, 0.2) is 6.33 Å². The summed E-state index contributed by atoms with van der Waals surface area (Å²) in [6.07, 6.45) is -2.85. The van der Waals surface area contributed by atoms with Crippen LogP contribution in [0.4, 0.5) is 5.95 Å². The Bertz CT molecular complexity index is 1480. The van der Waals surface area contributed by atoms with Crippen molar-refractivity contribution in [1.82, 2.24) is 29.7 Å². The highest BCUT2D eigenvalue weighted by Crippen LogP contribution is 2.48. The lowest BCUT2D eigenvalue weighted by Gasteiger charge is -2.40. The van der Waals surface area contributed by atoms with Crippen molar-refractivity contribution >= 4 is 36.7 Å². The van der Waals surface area contributed by atoms with Crippen molar-refractivity contribution in [3.8, 4) is 5.88 Å². The van der Waals surface area contributed by atoms with Crippen LogP contribution in [0.3, 0.4) is 0 Å². The molecule has 18 heteroatoms. The van der Waals surface area contributed by atoms with E-state index < -0.39 is 67.2 Å². The van der Waals surface area contributed by atoms with Gasteiger partial charge in [0.1, 0.15) is 29.4 Å². The number of nitrogens with two attached hydrogens (primary N) is 1. The smallest absolute Gasteiger partial charge is 0.342 e. The second kappa shape index (κ2) is 14.3. The van der Waals surface area contributed by atoms with E-state index in [1.165, 1.54) is 24.9 Å². The molecule has 0 bridgehead atoms. The Balaban J connectivity index is 2.02. The summed E-state index contributed by atoms with van der Waals surface area (Å²) in [6, 6.07) is -1.38. The lowest BCUT2D eigenvalue weighted by molar-refractivity contribution is -0.146. The third-order valence-electron chi connectivity index (χ3n) is 7.72. The molecule has 2 aromatic heterocycles. The first kappa shape index (κ1) is 38.5. The minimum absolute atomic E-state index is 0.0198. The number of aromatic nitrogens is 4. The van der Waals surface area contributed by atoms with E-state index in [0.29, 0.717) is 0 Å². The summed E-state index contributed by atoms with van der Waals surface area (Å²) in [4.78, 5) is 37.6. The molecule has 7 atom stereocenters. The number of aliphatic hydroxyl groups excluding tert-OH is 1. The second-order valence-electron chi connectivity index (χ2n) is 14.4. The number of methoxy groups -OCH3 is 1. The highest BCUT2D eigenvalue weighted by atomic mass is 31.2. The summed E-state index contributed by atoms with van der Waals surface area (Å²) in [5.41, 5.74) is 1.85. The fraction of sp³-hybridized carbons (Fsp3) is 0.759. The molecule has 8 N–H and O–H groups in total. The third-order valence-corrected chi connectivity index (χ3v) is 9.61. The van der Waals surface area contributed by atoms with Gasteiger partial charge in [0.05, 0.1) is 20.0 Å². The number of imidazole rings is 1. The SMILES string of the molecule is COc1nc(N)nc2c1ncn2[C@@H]1O[C@H](COP(=O)(N[C@@H](CC(C)C)C(=O)O)N[C@@](CC(C)C)(CC(C)(C)C)C(=O)O)[C@@H](O)[C@@]1(C)O. The Kier molecular flexibility index (Phi) is 11.7. The first-order valence-electron chi connectivity index (χ1n) is 15.4. The number of anilines is 1. The van der Waals surface area contributed by atoms with Crippen LogP contribution >= 0.6 is 7.67 Å². The number of nitrogens with zero attached hydrogens (tertiary/aromatic N) is 4. The Morgan fingerprint density at radius 1 is 1.19 bits per heavy atom. The highest BCUT2D eigenvalue weighted by molar-refractivity contribution is 7.54. The van der Waals surface area contributed by atoms with Crippen molar-refractivity contribution in [2.75, 3.05) is 19.5 Å². The molecule has 1 aliphatic rings. The number of hydrogen-bond acceptors (Lipinski definition) is 12. The summed E-state index contributed by atoms with van der Waals surface area (Å²) in [7, 11) is -3.19. The number of carboxylic acids is 2. The van der Waals surface area contributed by atoms with E-state index >= 15 is 0 Å². The molecule has 17 nitrogen and oxygen atoms in total. The molecule has 3 rings (SSSR count). The Labute approximate surface area is 274 Å². The molecule has 266 valence electrons. The van der Waals surface area contributed by atoms with Crippen LogP contribution in [0.1, 0.15) is 80.9 Å². The van der Waals surface area contributed by atoms with Gasteiger partial charge in [0.15, 0.2) is 17.4 Å². The van der Waals surface area contributed by atoms with Crippen molar-refractivity contribution in [3.05, 3.63) is 6.33 Å². The molecule has 0 amide bonds. The molecule has 1 unspecified atom stereocenters. The molecule has 1 saturated heterocycles. The number of aliphatic carboxylic acids is 2. The molecule has 0 spiro atoms. The molecular formula is C29H50N7O10P. The number of rotatable bonds is 16. The fourth-order valence-corrected chi connectivity index (χ4v) is 8.03. The first-order valence-corrected chi connectivity index (χ1v) is 17.0. The summed E-state index contributed by atoms with van der Waals surface area (Å²) in [5.74, 6) is -2.96. The van der Waals surface area contributed by atoms with Crippen molar-refractivity contribution in [3.63, 3.8) is 0 Å². The van der Waals surface area contributed by atoms with E-state index in [9.17, 15) is 34.6 Å². The Hall–Kier alpha value is -2.92. The maximum absolute atomic E-state index is 14.7. The first-order chi connectivity index (χ1) is 21.5. The van der Waals surface area contributed by atoms with Gasteiger partial charge in [0.2, 0.25) is 11.8 Å². The number of carboxylic acid groups (broad SMARTS) is 2. The van der Waals surface area contributed by atoms with Crippen LogP contribution < -0.4 is 20.6 Å². The Morgan fingerprint density at radius 3 is 2.34 bits per heavy atom. The predicted octanol–water partition coefficient (Wildman–Crippen LogP) is 2.54. The molecular weight excluding hydrogens is 637 g/mol. The van der Waals surface area contributed by atoms with E-state index in [1.54, 1.807) is 13.8 Å². The minimum atomic E-state index is -4.57. The number of carbonyl (C=O) groups is 2. The van der Waals surface area contributed by atoms with Crippen LogP contribution in [0.2, 0.25) is 0 Å². The summed E-state index contributed by atoms with van der Waals surface area (Å²) in [5, 5.41) is 48.4. The minimum Gasteiger partial charge on any atom is -0.480 e. The predicted molar refractivity (Wildman–Crippen MR) is 171 cm³/mol. The molecule has 0 saturated carbocycles. The van der Waals surface area contributed by atoms with Gasteiger partial charge >= 0.3 is 19.6 Å². The van der Waals surface area contributed by atoms with Gasteiger partial charge in [-0.15, -0.1) is 0 Å². The molecule has 1 fully saturated rings. The normalized spacial score (nSPS) is 25.2. The molecule has 0 aliphatic carbocycles. The van der Waals surface area contributed by atoms with Crippen molar-refractivity contribution < 1.29 is 48.6 Å². The maximum atomic E-state index is 14.7. The standard InChI is InChI=1S/C29H50N7O10P/c1-15(2)10-17(23(38)39)34-47(43,35-29(25(40)41,11-16(3)4)13-27(5,6)7)45-12-18-20(37)28(8,42)24(46-18)36-14-31-19-21(36)32-26(30)33-22(19)44-9/h14-18,20,24,37,42H,10-13H2,1-9H3,(H,38,39)(H,40,41)(H2,30,32,33)(H2,34,35,43)/t17-,18+,20+,24+,28+,29-,47?/m0/s1. The van der Waals surface area contributed by atoms with Gasteiger partial charge in [0.25, 0.3) is 0 Å². The zero-order valence-corrected chi connectivity index (χ0v) is 29.3. The molecule has 1 aliphatic heterocycles. The molecule has 0 aromatic carbocycles. The van der Waals surface area contributed by atoms with Gasteiger partial charge < -0.3 is 40.2 Å². The fourth-order valence-electron chi connectivity index (χ4n) is 6.02. The lowest BCUT2D eigenvalue weighted by Crippen LogP contribution is -2.56. The van der Waals surface area contributed by atoms with Crippen molar-refractivity contribution in [2.24, 2.45) is 17.3 Å². The molecule has 3 heterocycles. The monoisotopic (exact) mass is 687 g/mol. The van der Waals surface area contributed by atoms with Crippen LogP contribution in [0.5, 0.6) is 5.88 Å².